The zero-order valence-electron chi connectivity index (χ0n) is 10.1. The van der Waals surface area contributed by atoms with Crippen LogP contribution in [-0.4, -0.2) is 60.4 Å². The number of aliphatic hydroxyl groups excluding tert-OH is 1. The predicted molar refractivity (Wildman–Crippen MR) is 63.6 cm³/mol. The fourth-order valence-corrected chi connectivity index (χ4v) is 1.49. The number of hydrogen-bond donors (Lipinski definition) is 3. The number of carboxylic acids is 1. The number of unbranched alkanes of at least 4 members (excludes halogenated alkanes) is 2. The molecule has 0 aliphatic heterocycles. The van der Waals surface area contributed by atoms with Gasteiger partial charge in [0.1, 0.15) is 0 Å². The van der Waals surface area contributed by atoms with E-state index in [0.29, 0.717) is 13.1 Å². The topological polar surface area (TPSA) is 72.8 Å². The minimum Gasteiger partial charge on any atom is -0.480 e. The molecule has 0 saturated heterocycles. The number of carbonyl (C=O) groups is 1. The first-order valence-corrected chi connectivity index (χ1v) is 5.96. The lowest BCUT2D eigenvalue weighted by atomic mass is 10.2. The molecule has 0 atom stereocenters. The Hall–Kier alpha value is -0.650. The Morgan fingerprint density at radius 3 is 2.56 bits per heavy atom. The highest BCUT2D eigenvalue weighted by Crippen LogP contribution is 1.97. The molecular formula is C11H24N2O3. The van der Waals surface area contributed by atoms with Crippen LogP contribution in [0.25, 0.3) is 0 Å². The van der Waals surface area contributed by atoms with Gasteiger partial charge in [-0.15, -0.1) is 0 Å². The summed E-state index contributed by atoms with van der Waals surface area (Å²) in [6.07, 6.45) is 3.52. The van der Waals surface area contributed by atoms with Crippen LogP contribution in [0.5, 0.6) is 0 Å². The molecule has 0 unspecified atom stereocenters. The number of carboxylic acid groups (broad SMARTS) is 1. The fourth-order valence-electron chi connectivity index (χ4n) is 1.49. The highest BCUT2D eigenvalue weighted by Gasteiger charge is 2.03. The van der Waals surface area contributed by atoms with Gasteiger partial charge in [-0.05, 0) is 13.0 Å². The summed E-state index contributed by atoms with van der Waals surface area (Å²) < 4.78 is 0. The van der Waals surface area contributed by atoms with Crippen molar-refractivity contribution in [3.63, 3.8) is 0 Å². The Morgan fingerprint density at radius 1 is 1.25 bits per heavy atom. The first kappa shape index (κ1) is 15.3. The highest BCUT2D eigenvalue weighted by atomic mass is 16.4. The summed E-state index contributed by atoms with van der Waals surface area (Å²) in [7, 11) is 0. The van der Waals surface area contributed by atoms with Crippen molar-refractivity contribution in [3.05, 3.63) is 0 Å². The molecular weight excluding hydrogens is 208 g/mol. The number of aliphatic hydroxyl groups is 1. The highest BCUT2D eigenvalue weighted by molar-refractivity contribution is 5.68. The van der Waals surface area contributed by atoms with Crippen LogP contribution in [0, 0.1) is 0 Å². The third-order valence-electron chi connectivity index (χ3n) is 2.38. The minimum atomic E-state index is -0.834. The predicted octanol–water partition coefficient (Wildman–Crippen LogP) is 0.145. The van der Waals surface area contributed by atoms with E-state index in [1.807, 2.05) is 0 Å². The average Bonchev–Trinajstić information content (AvgIpc) is 2.24. The molecule has 0 aliphatic rings. The Morgan fingerprint density at radius 2 is 2.00 bits per heavy atom. The van der Waals surface area contributed by atoms with Gasteiger partial charge in [-0.25, -0.2) is 0 Å². The van der Waals surface area contributed by atoms with Gasteiger partial charge in [-0.2, -0.15) is 0 Å². The second kappa shape index (κ2) is 10.9. The molecule has 0 aliphatic carbocycles. The van der Waals surface area contributed by atoms with Crippen LogP contribution in [-0.2, 0) is 4.79 Å². The zero-order valence-corrected chi connectivity index (χ0v) is 10.1. The van der Waals surface area contributed by atoms with Crippen molar-refractivity contribution in [3.8, 4) is 0 Å². The SMILES string of the molecule is CCCCCN(CCO)CCNCC(=O)O. The normalized spacial score (nSPS) is 10.9. The van der Waals surface area contributed by atoms with E-state index < -0.39 is 5.97 Å². The van der Waals surface area contributed by atoms with Crippen molar-refractivity contribution in [2.45, 2.75) is 26.2 Å². The molecule has 0 spiro atoms. The standard InChI is InChI=1S/C11H24N2O3/c1-2-3-4-6-13(8-9-14)7-5-12-10-11(15)16/h12,14H,2-10H2,1H3,(H,15,16). The Bertz CT molecular complexity index is 177. The van der Waals surface area contributed by atoms with Crippen molar-refractivity contribution in [1.29, 1.82) is 0 Å². The molecule has 0 saturated carbocycles. The van der Waals surface area contributed by atoms with Crippen LogP contribution in [0.3, 0.4) is 0 Å². The van der Waals surface area contributed by atoms with E-state index in [1.165, 1.54) is 12.8 Å². The molecule has 5 nitrogen and oxygen atoms in total. The van der Waals surface area contributed by atoms with Gasteiger partial charge in [0.05, 0.1) is 13.2 Å². The maximum absolute atomic E-state index is 10.3. The first-order chi connectivity index (χ1) is 7.70. The molecule has 16 heavy (non-hydrogen) atoms. The third-order valence-corrected chi connectivity index (χ3v) is 2.38. The molecule has 0 aromatic rings. The van der Waals surface area contributed by atoms with E-state index in [1.54, 1.807) is 0 Å². The smallest absolute Gasteiger partial charge is 0.317 e. The number of rotatable bonds is 11. The van der Waals surface area contributed by atoms with Crippen LogP contribution in [0.15, 0.2) is 0 Å². The van der Waals surface area contributed by atoms with Crippen molar-refractivity contribution >= 4 is 5.97 Å². The fraction of sp³-hybridized carbons (Fsp3) is 0.909. The largest absolute Gasteiger partial charge is 0.480 e. The first-order valence-electron chi connectivity index (χ1n) is 5.96. The number of hydrogen-bond acceptors (Lipinski definition) is 4. The molecule has 3 N–H and O–H groups in total. The summed E-state index contributed by atoms with van der Waals surface area (Å²) in [4.78, 5) is 12.4. The summed E-state index contributed by atoms with van der Waals surface area (Å²) in [5.74, 6) is -0.834. The lowest BCUT2D eigenvalue weighted by Gasteiger charge is -2.21. The van der Waals surface area contributed by atoms with E-state index in [4.69, 9.17) is 10.2 Å². The minimum absolute atomic E-state index is 0.00191. The zero-order chi connectivity index (χ0) is 12.2. The van der Waals surface area contributed by atoms with Crippen LogP contribution in [0.1, 0.15) is 26.2 Å². The van der Waals surface area contributed by atoms with E-state index in [0.717, 1.165) is 19.5 Å². The monoisotopic (exact) mass is 232 g/mol. The molecule has 0 fully saturated rings. The van der Waals surface area contributed by atoms with Crippen molar-refractivity contribution in [1.82, 2.24) is 10.2 Å². The van der Waals surface area contributed by atoms with E-state index >= 15 is 0 Å². The third kappa shape index (κ3) is 9.89. The summed E-state index contributed by atoms with van der Waals surface area (Å²) >= 11 is 0. The summed E-state index contributed by atoms with van der Waals surface area (Å²) in [6.45, 7) is 5.40. The van der Waals surface area contributed by atoms with Crippen LogP contribution in [0.4, 0.5) is 0 Å². The Labute approximate surface area is 97.4 Å². The van der Waals surface area contributed by atoms with Crippen molar-refractivity contribution in [2.24, 2.45) is 0 Å². The molecule has 96 valence electrons. The lowest BCUT2D eigenvalue weighted by Crippen LogP contribution is -2.36. The van der Waals surface area contributed by atoms with Gasteiger partial charge in [-0.3, -0.25) is 9.69 Å². The molecule has 0 aromatic heterocycles. The maximum Gasteiger partial charge on any atom is 0.317 e. The van der Waals surface area contributed by atoms with Gasteiger partial charge in [0, 0.05) is 19.6 Å². The second-order valence-corrected chi connectivity index (χ2v) is 3.84. The van der Waals surface area contributed by atoms with Gasteiger partial charge in [0.25, 0.3) is 0 Å². The lowest BCUT2D eigenvalue weighted by molar-refractivity contribution is -0.135. The maximum atomic E-state index is 10.3. The van der Waals surface area contributed by atoms with Crippen molar-refractivity contribution in [2.75, 3.05) is 39.3 Å². The van der Waals surface area contributed by atoms with Gasteiger partial charge in [-0.1, -0.05) is 19.8 Å². The average molecular weight is 232 g/mol. The van der Waals surface area contributed by atoms with E-state index in [-0.39, 0.29) is 13.2 Å². The van der Waals surface area contributed by atoms with Crippen LogP contribution < -0.4 is 5.32 Å². The quantitative estimate of drug-likeness (QED) is 0.442. The van der Waals surface area contributed by atoms with Crippen LogP contribution >= 0.6 is 0 Å². The molecule has 0 radical (unpaired) electrons. The van der Waals surface area contributed by atoms with E-state index in [9.17, 15) is 4.79 Å². The Balaban J connectivity index is 3.54. The summed E-state index contributed by atoms with van der Waals surface area (Å²) in [5, 5.41) is 20.2. The van der Waals surface area contributed by atoms with Gasteiger partial charge < -0.3 is 15.5 Å². The summed E-state index contributed by atoms with van der Waals surface area (Å²) in [5.41, 5.74) is 0. The Kier molecular flexibility index (Phi) is 10.4. The number of aliphatic carboxylic acids is 1. The molecule has 5 heteroatoms. The van der Waals surface area contributed by atoms with Gasteiger partial charge in [0.15, 0.2) is 0 Å². The van der Waals surface area contributed by atoms with Crippen molar-refractivity contribution < 1.29 is 15.0 Å². The van der Waals surface area contributed by atoms with Crippen LogP contribution in [0.2, 0.25) is 0 Å². The van der Waals surface area contributed by atoms with Gasteiger partial charge >= 0.3 is 5.97 Å². The number of nitrogens with one attached hydrogen (secondary N) is 1. The summed E-state index contributed by atoms with van der Waals surface area (Å²) in [6, 6.07) is 0. The molecule has 0 bridgehead atoms. The number of nitrogens with zero attached hydrogens (tertiary/aromatic N) is 1. The molecule has 0 amide bonds. The van der Waals surface area contributed by atoms with E-state index in [2.05, 4.69) is 17.1 Å². The molecule has 0 rings (SSSR count). The second-order valence-electron chi connectivity index (χ2n) is 3.84. The van der Waals surface area contributed by atoms with Gasteiger partial charge in [0.2, 0.25) is 0 Å². The molecule has 0 aromatic carbocycles. The molecule has 0 heterocycles.